The summed E-state index contributed by atoms with van der Waals surface area (Å²) >= 11 is 9.15. The lowest BCUT2D eigenvalue weighted by molar-refractivity contribution is 0.405. The molecule has 0 N–H and O–H groups in total. The van der Waals surface area contributed by atoms with Crippen LogP contribution in [0.5, 0.6) is 5.75 Å². The van der Waals surface area contributed by atoms with Crippen LogP contribution in [0.15, 0.2) is 30.3 Å². The molecule has 106 valence electrons. The van der Waals surface area contributed by atoms with Crippen molar-refractivity contribution in [2.75, 3.05) is 7.11 Å². The number of methoxy groups -OCH3 is 1. The Morgan fingerprint density at radius 3 is 2.40 bits per heavy atom. The van der Waals surface area contributed by atoms with Gasteiger partial charge in [-0.15, -0.1) is 0 Å². The van der Waals surface area contributed by atoms with Crippen LogP contribution in [0.2, 0.25) is 5.02 Å². The van der Waals surface area contributed by atoms with E-state index in [0.717, 1.165) is 12.1 Å². The lowest BCUT2D eigenvalue weighted by Gasteiger charge is -2.17. The summed E-state index contributed by atoms with van der Waals surface area (Å²) in [6.07, 6.45) is 0. The predicted octanol–water partition coefficient (Wildman–Crippen LogP) is 5.25. The molecule has 20 heavy (non-hydrogen) atoms. The van der Waals surface area contributed by atoms with Gasteiger partial charge in [0.25, 0.3) is 0 Å². The molecule has 2 aromatic carbocycles. The van der Waals surface area contributed by atoms with Gasteiger partial charge in [-0.2, -0.15) is 0 Å². The van der Waals surface area contributed by atoms with Crippen LogP contribution < -0.4 is 4.74 Å². The summed E-state index contributed by atoms with van der Waals surface area (Å²) in [4.78, 5) is -0.763. The fraction of sp³-hybridized carbons (Fsp3) is 0.143. The quantitative estimate of drug-likeness (QED) is 0.533. The van der Waals surface area contributed by atoms with Crippen LogP contribution in [0.4, 0.5) is 13.2 Å². The maximum absolute atomic E-state index is 14.0. The summed E-state index contributed by atoms with van der Waals surface area (Å²) in [5, 5.41) is -0.00363. The zero-order valence-electron chi connectivity index (χ0n) is 10.3. The summed E-state index contributed by atoms with van der Waals surface area (Å²) in [5.41, 5.74) is 0.386. The average Bonchev–Trinajstić information content (AvgIpc) is 2.41. The Morgan fingerprint density at radius 1 is 1.10 bits per heavy atom. The topological polar surface area (TPSA) is 9.23 Å². The normalized spacial score (nSPS) is 12.3. The van der Waals surface area contributed by atoms with E-state index >= 15 is 0 Å². The second kappa shape index (κ2) is 6.06. The molecule has 2 rings (SSSR count). The molecule has 0 spiro atoms. The van der Waals surface area contributed by atoms with Crippen LogP contribution in [-0.4, -0.2) is 7.11 Å². The first-order valence-corrected chi connectivity index (χ1v) is 6.86. The van der Waals surface area contributed by atoms with Crippen molar-refractivity contribution in [3.63, 3.8) is 0 Å². The molecule has 0 saturated carbocycles. The molecule has 2 aromatic rings. The Balaban J connectivity index is 2.57. The number of alkyl halides is 1. The molecule has 0 aliphatic heterocycles. The zero-order chi connectivity index (χ0) is 14.9. The molecule has 6 heteroatoms. The standard InChI is InChI=1S/C14H9BrClF3O/c1-20-12-4-2-3-9(17)13(12)14(15)7-5-10(18)11(19)6-8(7)16/h2-6,14H,1H3. The summed E-state index contributed by atoms with van der Waals surface area (Å²) in [6.45, 7) is 0. The van der Waals surface area contributed by atoms with Gasteiger partial charge in [-0.3, -0.25) is 0 Å². The van der Waals surface area contributed by atoms with Crippen molar-refractivity contribution in [3.05, 3.63) is 63.9 Å². The molecule has 0 aliphatic carbocycles. The van der Waals surface area contributed by atoms with E-state index in [2.05, 4.69) is 15.9 Å². The number of ether oxygens (including phenoxy) is 1. The molecule has 1 nitrogen and oxygen atoms in total. The molecule has 0 saturated heterocycles. The molecule has 0 radical (unpaired) electrons. The molecule has 1 unspecified atom stereocenters. The van der Waals surface area contributed by atoms with E-state index in [-0.39, 0.29) is 21.9 Å². The van der Waals surface area contributed by atoms with Crippen LogP contribution in [0.25, 0.3) is 0 Å². The van der Waals surface area contributed by atoms with E-state index in [9.17, 15) is 13.2 Å². The SMILES string of the molecule is COc1cccc(F)c1C(Br)c1cc(F)c(F)cc1Cl. The highest BCUT2D eigenvalue weighted by molar-refractivity contribution is 9.09. The highest BCUT2D eigenvalue weighted by atomic mass is 79.9. The lowest BCUT2D eigenvalue weighted by atomic mass is 10.0. The van der Waals surface area contributed by atoms with Crippen molar-refractivity contribution >= 4 is 27.5 Å². The molecule has 0 heterocycles. The van der Waals surface area contributed by atoms with Gasteiger partial charge in [0, 0.05) is 10.6 Å². The van der Waals surface area contributed by atoms with Crippen molar-refractivity contribution in [2.24, 2.45) is 0 Å². The fourth-order valence-electron chi connectivity index (χ4n) is 1.83. The largest absolute Gasteiger partial charge is 0.496 e. The molecular formula is C14H9BrClF3O. The number of hydrogen-bond donors (Lipinski definition) is 0. The number of rotatable bonds is 3. The molecule has 0 amide bonds. The van der Waals surface area contributed by atoms with E-state index in [1.165, 1.54) is 19.2 Å². The second-order valence-corrected chi connectivity index (χ2v) is 5.33. The molecule has 0 aliphatic rings. The Kier molecular flexibility index (Phi) is 4.60. The van der Waals surface area contributed by atoms with E-state index in [0.29, 0.717) is 0 Å². The summed E-state index contributed by atoms with van der Waals surface area (Å²) in [5.74, 6) is -2.36. The third-order valence-corrected chi connectivity index (χ3v) is 4.08. The van der Waals surface area contributed by atoms with Gasteiger partial charge >= 0.3 is 0 Å². The van der Waals surface area contributed by atoms with Gasteiger partial charge in [0.2, 0.25) is 0 Å². The molecule has 1 atom stereocenters. The number of benzene rings is 2. The molecule has 0 aromatic heterocycles. The van der Waals surface area contributed by atoms with Gasteiger partial charge in [-0.1, -0.05) is 33.6 Å². The van der Waals surface area contributed by atoms with Gasteiger partial charge in [0.1, 0.15) is 11.6 Å². The van der Waals surface area contributed by atoms with Crippen LogP contribution in [-0.2, 0) is 0 Å². The maximum Gasteiger partial charge on any atom is 0.160 e. The van der Waals surface area contributed by atoms with Gasteiger partial charge in [-0.25, -0.2) is 13.2 Å². The monoisotopic (exact) mass is 364 g/mol. The minimum atomic E-state index is -1.06. The third kappa shape index (κ3) is 2.79. The minimum absolute atomic E-state index is 0.00363. The van der Waals surface area contributed by atoms with Crippen molar-refractivity contribution in [3.8, 4) is 5.75 Å². The van der Waals surface area contributed by atoms with E-state index < -0.39 is 22.3 Å². The maximum atomic E-state index is 14.0. The Hall–Kier alpha value is -1.20. The first-order valence-electron chi connectivity index (χ1n) is 5.56. The summed E-state index contributed by atoms with van der Waals surface area (Å²) in [6, 6.07) is 6.10. The van der Waals surface area contributed by atoms with Crippen molar-refractivity contribution in [1.29, 1.82) is 0 Å². The predicted molar refractivity (Wildman–Crippen MR) is 75.1 cm³/mol. The third-order valence-electron chi connectivity index (χ3n) is 2.80. The fourth-order valence-corrected chi connectivity index (χ4v) is 3.04. The Morgan fingerprint density at radius 2 is 1.75 bits per heavy atom. The highest BCUT2D eigenvalue weighted by Gasteiger charge is 2.23. The summed E-state index contributed by atoms with van der Waals surface area (Å²) < 4.78 is 45.5. The minimum Gasteiger partial charge on any atom is -0.496 e. The van der Waals surface area contributed by atoms with E-state index in [4.69, 9.17) is 16.3 Å². The molecule has 0 bridgehead atoms. The van der Waals surface area contributed by atoms with Crippen molar-refractivity contribution in [1.82, 2.24) is 0 Å². The van der Waals surface area contributed by atoms with Crippen LogP contribution in [0, 0.1) is 17.5 Å². The first kappa shape index (κ1) is 15.2. The van der Waals surface area contributed by atoms with Crippen LogP contribution >= 0.6 is 27.5 Å². The molecular weight excluding hydrogens is 357 g/mol. The first-order chi connectivity index (χ1) is 9.45. The van der Waals surface area contributed by atoms with E-state index in [1.54, 1.807) is 6.07 Å². The van der Waals surface area contributed by atoms with Crippen molar-refractivity contribution < 1.29 is 17.9 Å². The highest BCUT2D eigenvalue weighted by Crippen LogP contribution is 2.41. The Labute approximate surface area is 127 Å². The number of hydrogen-bond acceptors (Lipinski definition) is 1. The van der Waals surface area contributed by atoms with E-state index in [1.807, 2.05) is 0 Å². The van der Waals surface area contributed by atoms with Gasteiger partial charge in [0.05, 0.1) is 11.9 Å². The van der Waals surface area contributed by atoms with Gasteiger partial charge < -0.3 is 4.74 Å². The second-order valence-electron chi connectivity index (χ2n) is 4.01. The van der Waals surface area contributed by atoms with Gasteiger partial charge in [-0.05, 0) is 29.8 Å². The summed E-state index contributed by atoms with van der Waals surface area (Å²) in [7, 11) is 1.39. The molecule has 0 fully saturated rings. The zero-order valence-corrected chi connectivity index (χ0v) is 12.6. The van der Waals surface area contributed by atoms with Gasteiger partial charge in [0.15, 0.2) is 11.6 Å². The van der Waals surface area contributed by atoms with Crippen LogP contribution in [0.3, 0.4) is 0 Å². The Bertz CT molecular complexity index is 649. The lowest BCUT2D eigenvalue weighted by Crippen LogP contribution is -2.02. The van der Waals surface area contributed by atoms with Crippen LogP contribution in [0.1, 0.15) is 16.0 Å². The smallest absolute Gasteiger partial charge is 0.160 e. The average molecular weight is 366 g/mol. The van der Waals surface area contributed by atoms with Crippen molar-refractivity contribution in [2.45, 2.75) is 4.83 Å². The number of halogens is 5.